The molecule has 1 amide bonds. The van der Waals surface area contributed by atoms with E-state index in [1.807, 2.05) is 20.8 Å². The van der Waals surface area contributed by atoms with E-state index < -0.39 is 11.5 Å². The predicted octanol–water partition coefficient (Wildman–Crippen LogP) is 2.98. The van der Waals surface area contributed by atoms with E-state index in [9.17, 15) is 14.7 Å². The summed E-state index contributed by atoms with van der Waals surface area (Å²) in [7, 11) is 1.53. The van der Waals surface area contributed by atoms with Crippen molar-refractivity contribution in [3.63, 3.8) is 0 Å². The van der Waals surface area contributed by atoms with Gasteiger partial charge in [-0.05, 0) is 44.5 Å². The molecule has 0 aliphatic carbocycles. The van der Waals surface area contributed by atoms with E-state index >= 15 is 0 Å². The first-order valence-electron chi connectivity index (χ1n) is 7.41. The highest BCUT2D eigenvalue weighted by atomic mass is 16.5. The van der Waals surface area contributed by atoms with E-state index in [1.54, 1.807) is 24.3 Å². The molecule has 0 aliphatic rings. The molecule has 0 aliphatic heterocycles. The summed E-state index contributed by atoms with van der Waals surface area (Å²) >= 11 is 0. The molecule has 0 fully saturated rings. The highest BCUT2D eigenvalue weighted by Gasteiger charge is 2.20. The van der Waals surface area contributed by atoms with Gasteiger partial charge in [0.05, 0.1) is 12.7 Å². The second kappa shape index (κ2) is 6.70. The number of ether oxygens (including phenoxy) is 1. The summed E-state index contributed by atoms with van der Waals surface area (Å²) in [4.78, 5) is 27.8. The molecule has 2 N–H and O–H groups in total. The Balaban J connectivity index is 2.53. The molecule has 0 bridgehead atoms. The van der Waals surface area contributed by atoms with Gasteiger partial charge in [-0.2, -0.15) is 0 Å². The summed E-state index contributed by atoms with van der Waals surface area (Å²) in [5, 5.41) is 12.2. The van der Waals surface area contributed by atoms with Gasteiger partial charge in [0.1, 0.15) is 11.4 Å². The fraction of sp³-hybridized carbons (Fsp3) is 0.278. The van der Waals surface area contributed by atoms with Crippen LogP contribution < -0.4 is 10.1 Å². The number of carbonyl (C=O) groups is 2. The smallest absolute Gasteiger partial charge is 0.337 e. The summed E-state index contributed by atoms with van der Waals surface area (Å²) in [6, 6.07) is 8.48. The lowest BCUT2D eigenvalue weighted by atomic mass is 10.00. The molecule has 0 saturated heterocycles. The number of nitrogens with zero attached hydrogens (tertiary/aromatic N) is 1. The van der Waals surface area contributed by atoms with Crippen molar-refractivity contribution in [3.8, 4) is 16.9 Å². The molecule has 0 unspecified atom stereocenters. The van der Waals surface area contributed by atoms with Crippen molar-refractivity contribution < 1.29 is 19.4 Å². The van der Waals surface area contributed by atoms with E-state index in [0.29, 0.717) is 16.9 Å². The Bertz CT molecular complexity index is 779. The van der Waals surface area contributed by atoms with Crippen LogP contribution in [0.5, 0.6) is 5.75 Å². The minimum Gasteiger partial charge on any atom is -0.497 e. The summed E-state index contributed by atoms with van der Waals surface area (Å²) in [6.07, 6.45) is 1.20. The molecule has 1 aromatic heterocycles. The fourth-order valence-electron chi connectivity index (χ4n) is 2.18. The van der Waals surface area contributed by atoms with Crippen LogP contribution in [0.25, 0.3) is 11.1 Å². The molecule has 6 nitrogen and oxygen atoms in total. The molecule has 126 valence electrons. The van der Waals surface area contributed by atoms with Gasteiger partial charge in [-0.15, -0.1) is 0 Å². The topological polar surface area (TPSA) is 88.5 Å². The van der Waals surface area contributed by atoms with Crippen molar-refractivity contribution in [3.05, 3.63) is 47.8 Å². The Morgan fingerprint density at radius 3 is 2.50 bits per heavy atom. The fourth-order valence-corrected chi connectivity index (χ4v) is 2.18. The Morgan fingerprint density at radius 2 is 1.92 bits per heavy atom. The summed E-state index contributed by atoms with van der Waals surface area (Å²) in [5.74, 6) is -0.868. The molecule has 2 aromatic rings. The third-order valence-electron chi connectivity index (χ3n) is 3.24. The third-order valence-corrected chi connectivity index (χ3v) is 3.24. The summed E-state index contributed by atoms with van der Waals surface area (Å²) in [6.45, 7) is 5.58. The standard InChI is InChI=1S/C18H20N2O4/c1-18(2,3)20-16(21)15-9-13(14(10-19-15)17(22)23)11-6-5-7-12(8-11)24-4/h5-10H,1-4H3,(H,20,21)(H,22,23). The number of carboxylic acids is 1. The molecule has 1 aromatic carbocycles. The SMILES string of the molecule is COc1cccc(-c2cc(C(=O)NC(C)(C)C)ncc2C(=O)O)c1. The number of aromatic nitrogens is 1. The van der Waals surface area contributed by atoms with Crippen LogP contribution in [0.15, 0.2) is 36.5 Å². The number of methoxy groups -OCH3 is 1. The van der Waals surface area contributed by atoms with Crippen LogP contribution in [-0.4, -0.2) is 34.6 Å². The lowest BCUT2D eigenvalue weighted by Crippen LogP contribution is -2.41. The van der Waals surface area contributed by atoms with Crippen molar-refractivity contribution in [2.24, 2.45) is 0 Å². The number of amides is 1. The molecule has 0 saturated carbocycles. The van der Waals surface area contributed by atoms with Crippen LogP contribution >= 0.6 is 0 Å². The zero-order valence-corrected chi connectivity index (χ0v) is 14.1. The van der Waals surface area contributed by atoms with Crippen LogP contribution in [0.3, 0.4) is 0 Å². The van der Waals surface area contributed by atoms with Crippen molar-refractivity contribution in [2.45, 2.75) is 26.3 Å². The van der Waals surface area contributed by atoms with Gasteiger partial charge in [0.25, 0.3) is 5.91 Å². The van der Waals surface area contributed by atoms with Crippen LogP contribution in [0.1, 0.15) is 41.6 Å². The molecule has 24 heavy (non-hydrogen) atoms. The van der Waals surface area contributed by atoms with Gasteiger partial charge in [0.15, 0.2) is 0 Å². The average Bonchev–Trinajstić information content (AvgIpc) is 2.52. The number of carboxylic acid groups (broad SMARTS) is 1. The molecule has 6 heteroatoms. The number of nitrogens with one attached hydrogen (secondary N) is 1. The first kappa shape index (κ1) is 17.5. The lowest BCUT2D eigenvalue weighted by Gasteiger charge is -2.20. The Morgan fingerprint density at radius 1 is 1.21 bits per heavy atom. The van der Waals surface area contributed by atoms with Crippen LogP contribution in [0, 0.1) is 0 Å². The highest BCUT2D eigenvalue weighted by Crippen LogP contribution is 2.27. The number of hydrogen-bond donors (Lipinski definition) is 2. The Labute approximate surface area is 140 Å². The Kier molecular flexibility index (Phi) is 4.87. The molecule has 2 rings (SSSR count). The van der Waals surface area contributed by atoms with Crippen molar-refractivity contribution in [2.75, 3.05) is 7.11 Å². The van der Waals surface area contributed by atoms with E-state index in [2.05, 4.69) is 10.3 Å². The van der Waals surface area contributed by atoms with Gasteiger partial charge >= 0.3 is 5.97 Å². The first-order valence-corrected chi connectivity index (χ1v) is 7.41. The molecule has 0 spiro atoms. The second-order valence-electron chi connectivity index (χ2n) is 6.36. The minimum atomic E-state index is -1.11. The molecule has 0 atom stereocenters. The van der Waals surface area contributed by atoms with Gasteiger partial charge in [-0.25, -0.2) is 4.79 Å². The number of carbonyl (C=O) groups excluding carboxylic acids is 1. The van der Waals surface area contributed by atoms with Crippen LogP contribution in [0.2, 0.25) is 0 Å². The number of pyridine rings is 1. The number of aromatic carboxylic acids is 1. The van der Waals surface area contributed by atoms with E-state index in [-0.39, 0.29) is 17.2 Å². The first-order chi connectivity index (χ1) is 11.2. The third kappa shape index (κ3) is 4.10. The molecule has 1 heterocycles. The predicted molar refractivity (Wildman–Crippen MR) is 90.4 cm³/mol. The van der Waals surface area contributed by atoms with Crippen molar-refractivity contribution >= 4 is 11.9 Å². The van der Waals surface area contributed by atoms with E-state index in [0.717, 1.165) is 0 Å². The number of hydrogen-bond acceptors (Lipinski definition) is 4. The monoisotopic (exact) mass is 328 g/mol. The maximum atomic E-state index is 12.3. The average molecular weight is 328 g/mol. The van der Waals surface area contributed by atoms with E-state index in [4.69, 9.17) is 4.74 Å². The van der Waals surface area contributed by atoms with Gasteiger partial charge in [0.2, 0.25) is 0 Å². The lowest BCUT2D eigenvalue weighted by molar-refractivity contribution is 0.0696. The van der Waals surface area contributed by atoms with Crippen molar-refractivity contribution in [1.29, 1.82) is 0 Å². The maximum absolute atomic E-state index is 12.3. The largest absolute Gasteiger partial charge is 0.497 e. The van der Waals surface area contributed by atoms with Crippen molar-refractivity contribution in [1.82, 2.24) is 10.3 Å². The molecule has 0 radical (unpaired) electrons. The number of benzene rings is 1. The summed E-state index contributed by atoms with van der Waals surface area (Å²) in [5.41, 5.74) is 0.818. The molecular weight excluding hydrogens is 308 g/mol. The van der Waals surface area contributed by atoms with Gasteiger partial charge < -0.3 is 15.2 Å². The zero-order chi connectivity index (χ0) is 17.9. The normalized spacial score (nSPS) is 11.0. The minimum absolute atomic E-state index is 0.0237. The zero-order valence-electron chi connectivity index (χ0n) is 14.1. The second-order valence-corrected chi connectivity index (χ2v) is 6.36. The van der Waals surface area contributed by atoms with Gasteiger partial charge in [-0.1, -0.05) is 12.1 Å². The summed E-state index contributed by atoms with van der Waals surface area (Å²) < 4.78 is 5.18. The van der Waals surface area contributed by atoms with Gasteiger partial charge in [-0.3, -0.25) is 9.78 Å². The van der Waals surface area contributed by atoms with Crippen LogP contribution in [0.4, 0.5) is 0 Å². The quantitative estimate of drug-likeness (QED) is 0.901. The highest BCUT2D eigenvalue weighted by molar-refractivity contribution is 5.99. The van der Waals surface area contributed by atoms with Gasteiger partial charge in [0, 0.05) is 17.3 Å². The van der Waals surface area contributed by atoms with E-state index in [1.165, 1.54) is 19.4 Å². The Hall–Kier alpha value is -2.89. The van der Waals surface area contributed by atoms with Crippen LogP contribution in [-0.2, 0) is 0 Å². The molecular formula is C18H20N2O4. The maximum Gasteiger partial charge on any atom is 0.337 e. The number of rotatable bonds is 4.